The summed E-state index contributed by atoms with van der Waals surface area (Å²) in [6, 6.07) is 3.35. The summed E-state index contributed by atoms with van der Waals surface area (Å²) in [5.41, 5.74) is 0.0259. The van der Waals surface area contributed by atoms with Gasteiger partial charge >= 0.3 is 0 Å². The highest BCUT2D eigenvalue weighted by molar-refractivity contribution is 5.56. The molecule has 1 rings (SSSR count). The van der Waals surface area contributed by atoms with Gasteiger partial charge in [-0.2, -0.15) is 5.26 Å². The normalized spacial score (nSPS) is 11.9. The average Bonchev–Trinajstić information content (AvgIpc) is 2.35. The van der Waals surface area contributed by atoms with Crippen molar-refractivity contribution >= 4 is 11.5 Å². The van der Waals surface area contributed by atoms with E-state index in [0.717, 1.165) is 12.6 Å². The number of pyridine rings is 1. The molecule has 0 bridgehead atoms. The highest BCUT2D eigenvalue weighted by Gasteiger charge is 2.16. The second kappa shape index (κ2) is 5.96. The van der Waals surface area contributed by atoms with Crippen molar-refractivity contribution < 1.29 is 4.92 Å². The minimum atomic E-state index is -0.558. The molecule has 6 heteroatoms. The Morgan fingerprint density at radius 1 is 1.61 bits per heavy atom. The first-order chi connectivity index (χ1) is 8.49. The molecule has 0 amide bonds. The third-order valence-corrected chi connectivity index (χ3v) is 2.77. The maximum atomic E-state index is 10.6. The van der Waals surface area contributed by atoms with Crippen LogP contribution in [0, 0.1) is 27.4 Å². The summed E-state index contributed by atoms with van der Waals surface area (Å²) in [6.07, 6.45) is 2.05. The van der Waals surface area contributed by atoms with Gasteiger partial charge in [0.05, 0.1) is 4.92 Å². The zero-order chi connectivity index (χ0) is 13.7. The summed E-state index contributed by atoms with van der Waals surface area (Å²) in [7, 11) is 0. The number of nitrogens with one attached hydrogen (secondary N) is 1. The molecule has 0 saturated heterocycles. The smallest absolute Gasteiger partial charge is 0.289 e. The van der Waals surface area contributed by atoms with E-state index in [-0.39, 0.29) is 17.3 Å². The molecule has 6 nitrogen and oxygen atoms in total. The highest BCUT2D eigenvalue weighted by atomic mass is 16.6. The molecule has 0 aliphatic carbocycles. The number of aromatic nitrogens is 1. The first-order valence-electron chi connectivity index (χ1n) is 5.80. The lowest BCUT2D eigenvalue weighted by Gasteiger charge is -2.21. The lowest BCUT2D eigenvalue weighted by molar-refractivity contribution is -0.385. The van der Waals surface area contributed by atoms with Crippen molar-refractivity contribution in [2.24, 2.45) is 5.92 Å². The van der Waals surface area contributed by atoms with Crippen LogP contribution in [0.5, 0.6) is 0 Å². The number of rotatable bonds is 5. The number of anilines is 1. The molecule has 0 radical (unpaired) electrons. The van der Waals surface area contributed by atoms with Crippen LogP contribution in [0.4, 0.5) is 11.5 Å². The SMILES string of the molecule is CCC(Nc1ncc([N+](=O)[O-])cc1C#N)C(C)C. The molecule has 0 aliphatic rings. The topological polar surface area (TPSA) is 91.8 Å². The van der Waals surface area contributed by atoms with E-state index in [1.807, 2.05) is 13.0 Å². The van der Waals surface area contributed by atoms with Gasteiger partial charge in [-0.15, -0.1) is 0 Å². The van der Waals surface area contributed by atoms with Crippen molar-refractivity contribution in [1.29, 1.82) is 5.26 Å². The van der Waals surface area contributed by atoms with E-state index >= 15 is 0 Å². The zero-order valence-electron chi connectivity index (χ0n) is 10.7. The molecule has 0 fully saturated rings. The van der Waals surface area contributed by atoms with E-state index in [4.69, 9.17) is 5.26 Å². The Morgan fingerprint density at radius 3 is 2.72 bits per heavy atom. The minimum Gasteiger partial charge on any atom is -0.366 e. The number of nitriles is 1. The Hall–Kier alpha value is -2.16. The predicted molar refractivity (Wildman–Crippen MR) is 68.1 cm³/mol. The maximum Gasteiger partial charge on any atom is 0.289 e. The molecule has 0 aromatic carbocycles. The third-order valence-electron chi connectivity index (χ3n) is 2.77. The van der Waals surface area contributed by atoms with Crippen molar-refractivity contribution in [3.05, 3.63) is 27.9 Å². The molecule has 96 valence electrons. The van der Waals surface area contributed by atoms with Crippen LogP contribution in [0.3, 0.4) is 0 Å². The molecule has 1 aromatic heterocycles. The molecule has 0 saturated carbocycles. The summed E-state index contributed by atoms with van der Waals surface area (Å²) in [5, 5.41) is 22.8. The van der Waals surface area contributed by atoms with Crippen LogP contribution in [0.25, 0.3) is 0 Å². The Balaban J connectivity index is 3.03. The summed E-state index contributed by atoms with van der Waals surface area (Å²) >= 11 is 0. The summed E-state index contributed by atoms with van der Waals surface area (Å²) in [5.74, 6) is 0.794. The lowest BCUT2D eigenvalue weighted by Crippen LogP contribution is -2.25. The number of nitro groups is 1. The fourth-order valence-electron chi connectivity index (χ4n) is 1.67. The van der Waals surface area contributed by atoms with Crippen LogP contribution in [-0.4, -0.2) is 15.9 Å². The van der Waals surface area contributed by atoms with Crippen LogP contribution in [0.1, 0.15) is 32.8 Å². The molecule has 0 aliphatic heterocycles. The second-order valence-corrected chi connectivity index (χ2v) is 4.36. The number of nitrogens with zero attached hydrogens (tertiary/aromatic N) is 3. The third kappa shape index (κ3) is 3.17. The molecule has 1 unspecified atom stereocenters. The van der Waals surface area contributed by atoms with E-state index in [1.54, 1.807) is 0 Å². The predicted octanol–water partition coefficient (Wildman–Crippen LogP) is 2.71. The fourth-order valence-corrected chi connectivity index (χ4v) is 1.67. The molecular formula is C12H16N4O2. The minimum absolute atomic E-state index is 0.172. The van der Waals surface area contributed by atoms with Crippen LogP contribution in [0.15, 0.2) is 12.3 Å². The lowest BCUT2D eigenvalue weighted by atomic mass is 10.0. The van der Waals surface area contributed by atoms with Gasteiger partial charge in [0.2, 0.25) is 0 Å². The van der Waals surface area contributed by atoms with Gasteiger partial charge in [0, 0.05) is 12.1 Å². The first kappa shape index (κ1) is 13.9. The van der Waals surface area contributed by atoms with Gasteiger partial charge in [-0.25, -0.2) is 4.98 Å². The number of hydrogen-bond acceptors (Lipinski definition) is 5. The quantitative estimate of drug-likeness (QED) is 0.638. The molecule has 1 aromatic rings. The molecule has 1 N–H and O–H groups in total. The van der Waals surface area contributed by atoms with Crippen LogP contribution >= 0.6 is 0 Å². The van der Waals surface area contributed by atoms with Crippen LogP contribution in [0.2, 0.25) is 0 Å². The maximum absolute atomic E-state index is 10.6. The first-order valence-corrected chi connectivity index (χ1v) is 5.80. The Morgan fingerprint density at radius 2 is 2.28 bits per heavy atom. The van der Waals surface area contributed by atoms with Gasteiger partial charge in [-0.05, 0) is 12.3 Å². The average molecular weight is 248 g/mol. The van der Waals surface area contributed by atoms with Gasteiger partial charge < -0.3 is 5.32 Å². The monoisotopic (exact) mass is 248 g/mol. The Bertz CT molecular complexity index is 479. The standard InChI is InChI=1S/C12H16N4O2/c1-4-11(8(2)3)15-12-9(6-13)5-10(7-14-12)16(17)18/h5,7-8,11H,4H2,1-3H3,(H,14,15). The van der Waals surface area contributed by atoms with Crippen molar-refractivity contribution in [2.75, 3.05) is 5.32 Å². The van der Waals surface area contributed by atoms with Gasteiger partial charge in [-0.1, -0.05) is 20.8 Å². The number of hydrogen-bond donors (Lipinski definition) is 1. The van der Waals surface area contributed by atoms with E-state index in [9.17, 15) is 10.1 Å². The van der Waals surface area contributed by atoms with Gasteiger partial charge in [0.1, 0.15) is 23.6 Å². The van der Waals surface area contributed by atoms with E-state index in [1.165, 1.54) is 6.07 Å². The van der Waals surface area contributed by atoms with Crippen molar-refractivity contribution in [1.82, 2.24) is 4.98 Å². The van der Waals surface area contributed by atoms with Crippen LogP contribution in [-0.2, 0) is 0 Å². The second-order valence-electron chi connectivity index (χ2n) is 4.36. The van der Waals surface area contributed by atoms with Crippen LogP contribution < -0.4 is 5.32 Å². The van der Waals surface area contributed by atoms with Crippen molar-refractivity contribution in [2.45, 2.75) is 33.2 Å². The van der Waals surface area contributed by atoms with E-state index in [0.29, 0.717) is 11.7 Å². The van der Waals surface area contributed by atoms with Gasteiger partial charge in [0.15, 0.2) is 0 Å². The largest absolute Gasteiger partial charge is 0.366 e. The van der Waals surface area contributed by atoms with E-state index < -0.39 is 4.92 Å². The molecule has 0 spiro atoms. The molecule has 18 heavy (non-hydrogen) atoms. The van der Waals surface area contributed by atoms with Gasteiger partial charge in [-0.3, -0.25) is 10.1 Å². The molecule has 1 heterocycles. The summed E-state index contributed by atoms with van der Waals surface area (Å²) in [4.78, 5) is 14.0. The summed E-state index contributed by atoms with van der Waals surface area (Å²) < 4.78 is 0. The molecule has 1 atom stereocenters. The Kier molecular flexibility index (Phi) is 4.60. The van der Waals surface area contributed by atoms with Crippen molar-refractivity contribution in [3.63, 3.8) is 0 Å². The van der Waals surface area contributed by atoms with Gasteiger partial charge in [0.25, 0.3) is 5.69 Å². The summed E-state index contributed by atoms with van der Waals surface area (Å²) in [6.45, 7) is 6.17. The van der Waals surface area contributed by atoms with E-state index in [2.05, 4.69) is 24.1 Å². The highest BCUT2D eigenvalue weighted by Crippen LogP contribution is 2.21. The van der Waals surface area contributed by atoms with Crippen molar-refractivity contribution in [3.8, 4) is 6.07 Å². The zero-order valence-corrected chi connectivity index (χ0v) is 10.7. The Labute approximate surface area is 106 Å². The fraction of sp³-hybridized carbons (Fsp3) is 0.500. The molecular weight excluding hydrogens is 232 g/mol.